The number of carbonyl (C=O) groups excluding carboxylic acids is 1. The van der Waals surface area contributed by atoms with Gasteiger partial charge < -0.3 is 10.1 Å². The van der Waals surface area contributed by atoms with Crippen LogP contribution in [0.4, 0.5) is 5.69 Å². The fourth-order valence-electron chi connectivity index (χ4n) is 2.25. The summed E-state index contributed by atoms with van der Waals surface area (Å²) in [7, 11) is 0. The quantitative estimate of drug-likeness (QED) is 0.607. The molecule has 0 aliphatic rings. The van der Waals surface area contributed by atoms with E-state index in [1.54, 1.807) is 12.1 Å². The number of hydrogen-bond donors (Lipinski definition) is 2. The highest BCUT2D eigenvalue weighted by molar-refractivity contribution is 6.36. The molecule has 2 N–H and O–H groups in total. The summed E-state index contributed by atoms with van der Waals surface area (Å²) in [6.07, 6.45) is 0. The molecule has 5 nitrogen and oxygen atoms in total. The summed E-state index contributed by atoms with van der Waals surface area (Å²) in [4.78, 5) is 14.9. The molecule has 2 aromatic carbocycles. The Morgan fingerprint density at radius 1 is 1.22 bits per heavy atom. The number of benzene rings is 2. The number of H-pyrrole nitrogens is 1. The third-order valence-electron chi connectivity index (χ3n) is 3.40. The van der Waals surface area contributed by atoms with Crippen LogP contribution in [-0.2, 0) is 0 Å². The predicted octanol–water partition coefficient (Wildman–Crippen LogP) is 5.41. The topological polar surface area (TPSA) is 77.8 Å². The molecule has 0 unspecified atom stereocenters. The number of nitrogens with one attached hydrogen (secondary N) is 1. The van der Waals surface area contributed by atoms with Crippen LogP contribution in [0.2, 0.25) is 10.0 Å². The number of rotatable bonds is 2. The Bertz CT molecular complexity index is 948. The Morgan fingerprint density at radius 2 is 2.00 bits per heavy atom. The Balaban J connectivity index is 1.98. The lowest BCUT2D eigenvalue weighted by molar-refractivity contribution is 0.0995. The molecule has 1 amide bonds. The van der Waals surface area contributed by atoms with E-state index in [9.17, 15) is 9.90 Å². The van der Waals surface area contributed by atoms with Crippen LogP contribution in [0.15, 0.2) is 46.6 Å². The van der Waals surface area contributed by atoms with Crippen LogP contribution in [0.25, 0.3) is 10.9 Å². The Hall–Kier alpha value is -2.37. The van der Waals surface area contributed by atoms with Gasteiger partial charge in [-0.25, -0.2) is 0 Å². The maximum absolute atomic E-state index is 12.1. The van der Waals surface area contributed by atoms with Gasteiger partial charge in [0.1, 0.15) is 0 Å². The van der Waals surface area contributed by atoms with Crippen molar-refractivity contribution >= 4 is 45.7 Å². The minimum atomic E-state index is -0.618. The molecule has 1 aromatic heterocycles. The van der Waals surface area contributed by atoms with E-state index in [1.807, 2.05) is 19.1 Å². The monoisotopic (exact) mass is 347 g/mol. The number of aromatic amines is 1. The summed E-state index contributed by atoms with van der Waals surface area (Å²) in [5.74, 6) is -0.763. The van der Waals surface area contributed by atoms with Crippen molar-refractivity contribution < 1.29 is 9.90 Å². The lowest BCUT2D eigenvalue weighted by Crippen LogP contribution is -1.94. The number of halogens is 2. The fourth-order valence-corrected chi connectivity index (χ4v) is 2.74. The van der Waals surface area contributed by atoms with E-state index in [2.05, 4.69) is 15.2 Å². The number of para-hydroxylation sites is 1. The van der Waals surface area contributed by atoms with E-state index in [1.165, 1.54) is 12.1 Å². The molecule has 7 heteroatoms. The largest absolute Gasteiger partial charge is 0.493 e. The molecule has 23 heavy (non-hydrogen) atoms. The van der Waals surface area contributed by atoms with E-state index in [4.69, 9.17) is 23.2 Å². The van der Waals surface area contributed by atoms with Crippen LogP contribution in [0.5, 0.6) is 5.88 Å². The van der Waals surface area contributed by atoms with Crippen molar-refractivity contribution in [1.82, 2.24) is 4.98 Å². The lowest BCUT2D eigenvalue weighted by Gasteiger charge is -1.99. The minimum Gasteiger partial charge on any atom is -0.493 e. The van der Waals surface area contributed by atoms with Crippen molar-refractivity contribution in [3.8, 4) is 5.88 Å². The van der Waals surface area contributed by atoms with Gasteiger partial charge in [-0.1, -0.05) is 41.4 Å². The normalized spacial score (nSPS) is 11.4. The molecular weight excluding hydrogens is 337 g/mol. The van der Waals surface area contributed by atoms with Gasteiger partial charge >= 0.3 is 0 Å². The number of aromatic hydroxyl groups is 1. The molecule has 0 atom stereocenters. The molecule has 0 aliphatic heterocycles. The first-order valence-electron chi connectivity index (χ1n) is 6.68. The average molecular weight is 348 g/mol. The standard InChI is InChI=1S/C16H11Cl2N3O2/c1-8-3-2-4-11-13(8)19-16(23)14(11)20-21-15(22)10-6-5-9(17)7-12(10)18/h2-7,19,23H,1H3. The van der Waals surface area contributed by atoms with Crippen LogP contribution in [0.1, 0.15) is 15.9 Å². The van der Waals surface area contributed by atoms with E-state index >= 15 is 0 Å². The number of azo groups is 1. The summed E-state index contributed by atoms with van der Waals surface area (Å²) in [5.41, 5.74) is 2.10. The van der Waals surface area contributed by atoms with Crippen molar-refractivity contribution in [2.45, 2.75) is 6.92 Å². The smallest absolute Gasteiger partial charge is 0.296 e. The van der Waals surface area contributed by atoms with Crippen LogP contribution >= 0.6 is 23.2 Å². The Morgan fingerprint density at radius 3 is 2.74 bits per heavy atom. The second-order valence-corrected chi connectivity index (χ2v) is 5.79. The highest BCUT2D eigenvalue weighted by Crippen LogP contribution is 2.36. The van der Waals surface area contributed by atoms with Gasteiger partial charge in [0.15, 0.2) is 5.69 Å². The molecule has 0 bridgehead atoms. The molecule has 0 spiro atoms. The van der Waals surface area contributed by atoms with Crippen molar-refractivity contribution in [2.75, 3.05) is 0 Å². The molecule has 116 valence electrons. The number of fused-ring (bicyclic) bond motifs is 1. The van der Waals surface area contributed by atoms with E-state index in [-0.39, 0.29) is 22.2 Å². The molecule has 0 aliphatic carbocycles. The number of hydrogen-bond acceptors (Lipinski definition) is 3. The molecule has 0 saturated heterocycles. The highest BCUT2D eigenvalue weighted by Gasteiger charge is 2.14. The van der Waals surface area contributed by atoms with Crippen molar-refractivity contribution in [3.05, 3.63) is 57.6 Å². The predicted molar refractivity (Wildman–Crippen MR) is 90.0 cm³/mol. The minimum absolute atomic E-state index is 0.145. The number of aromatic nitrogens is 1. The van der Waals surface area contributed by atoms with Gasteiger partial charge in [0.2, 0.25) is 5.88 Å². The Kier molecular flexibility index (Phi) is 4.07. The van der Waals surface area contributed by atoms with Crippen LogP contribution in [0, 0.1) is 6.92 Å². The zero-order chi connectivity index (χ0) is 16.6. The Labute approximate surface area is 141 Å². The first kappa shape index (κ1) is 15.5. The van der Waals surface area contributed by atoms with E-state index in [0.29, 0.717) is 10.4 Å². The average Bonchev–Trinajstić information content (AvgIpc) is 2.82. The highest BCUT2D eigenvalue weighted by atomic mass is 35.5. The van der Waals surface area contributed by atoms with Crippen molar-refractivity contribution in [3.63, 3.8) is 0 Å². The van der Waals surface area contributed by atoms with Gasteiger partial charge in [0, 0.05) is 10.4 Å². The number of carbonyl (C=O) groups is 1. The number of nitrogens with zero attached hydrogens (tertiary/aromatic N) is 2. The number of aryl methyl sites for hydroxylation is 1. The van der Waals surface area contributed by atoms with Gasteiger partial charge in [-0.3, -0.25) is 4.79 Å². The molecule has 1 heterocycles. The summed E-state index contributed by atoms with van der Waals surface area (Å²) in [6.45, 7) is 1.90. The third-order valence-corrected chi connectivity index (χ3v) is 3.95. The third kappa shape index (κ3) is 2.93. The molecular formula is C16H11Cl2N3O2. The van der Waals surface area contributed by atoms with Gasteiger partial charge in [0.25, 0.3) is 5.91 Å². The molecule has 3 aromatic rings. The van der Waals surface area contributed by atoms with Crippen LogP contribution in [-0.4, -0.2) is 16.0 Å². The maximum atomic E-state index is 12.1. The van der Waals surface area contributed by atoms with Crippen LogP contribution in [0.3, 0.4) is 0 Å². The first-order valence-corrected chi connectivity index (χ1v) is 7.44. The molecule has 0 saturated carbocycles. The summed E-state index contributed by atoms with van der Waals surface area (Å²) >= 11 is 11.8. The van der Waals surface area contributed by atoms with Gasteiger partial charge in [0.05, 0.1) is 16.1 Å². The van der Waals surface area contributed by atoms with Crippen LogP contribution < -0.4 is 0 Å². The SMILES string of the molecule is Cc1cccc2c(N=NC(=O)c3ccc(Cl)cc3Cl)c(O)[nH]c12. The summed E-state index contributed by atoms with van der Waals surface area (Å²) in [5, 5.41) is 18.8. The second-order valence-electron chi connectivity index (χ2n) is 4.95. The molecule has 0 fully saturated rings. The zero-order valence-electron chi connectivity index (χ0n) is 12.0. The maximum Gasteiger partial charge on any atom is 0.296 e. The second kappa shape index (κ2) is 6.02. The zero-order valence-corrected chi connectivity index (χ0v) is 13.5. The first-order chi connectivity index (χ1) is 11.0. The van der Waals surface area contributed by atoms with E-state index in [0.717, 1.165) is 11.1 Å². The van der Waals surface area contributed by atoms with Gasteiger partial charge in [-0.05, 0) is 30.7 Å². The lowest BCUT2D eigenvalue weighted by atomic mass is 10.1. The molecule has 3 rings (SSSR count). The summed E-state index contributed by atoms with van der Waals surface area (Å²) < 4.78 is 0. The van der Waals surface area contributed by atoms with Gasteiger partial charge in [-0.15, -0.1) is 10.2 Å². The van der Waals surface area contributed by atoms with Crippen molar-refractivity contribution in [2.24, 2.45) is 10.2 Å². The van der Waals surface area contributed by atoms with Crippen molar-refractivity contribution in [1.29, 1.82) is 0 Å². The number of amides is 1. The van der Waals surface area contributed by atoms with E-state index < -0.39 is 5.91 Å². The van der Waals surface area contributed by atoms with Gasteiger partial charge in [-0.2, -0.15) is 0 Å². The fraction of sp³-hybridized carbons (Fsp3) is 0.0625. The molecule has 0 radical (unpaired) electrons. The summed E-state index contributed by atoms with van der Waals surface area (Å²) in [6, 6.07) is 10.00.